The summed E-state index contributed by atoms with van der Waals surface area (Å²) in [5, 5.41) is 10.8. The van der Waals surface area contributed by atoms with Gasteiger partial charge in [0.15, 0.2) is 17.0 Å². The lowest BCUT2D eigenvalue weighted by molar-refractivity contribution is 0.0530. The fourth-order valence-corrected chi connectivity index (χ4v) is 4.52. The standard InChI is InChI=1S/C24H29N7O/c1-19(20-7-3-2-4-8-20)29-13-11-28(12-14-29)15-21(32)16-31-18-27-22-23(25-17-26-24(22)31)30-9-5-6-10-30/h2-10,17-19,21,32H,11-16H2,1H3. The zero-order chi connectivity index (χ0) is 21.9. The third-order valence-electron chi connectivity index (χ3n) is 6.34. The number of piperazine rings is 1. The number of rotatable bonds is 7. The van der Waals surface area contributed by atoms with E-state index in [2.05, 4.69) is 62.0 Å². The Hall–Kier alpha value is -3.07. The molecule has 1 N–H and O–H groups in total. The van der Waals surface area contributed by atoms with Crippen LogP contribution in [0.3, 0.4) is 0 Å². The van der Waals surface area contributed by atoms with Crippen molar-refractivity contribution in [3.05, 3.63) is 73.1 Å². The van der Waals surface area contributed by atoms with Crippen molar-refractivity contribution < 1.29 is 5.11 Å². The van der Waals surface area contributed by atoms with Crippen LogP contribution in [0, 0.1) is 0 Å². The lowest BCUT2D eigenvalue weighted by Crippen LogP contribution is -2.49. The Morgan fingerprint density at radius 2 is 1.66 bits per heavy atom. The molecule has 0 aliphatic carbocycles. The highest BCUT2D eigenvalue weighted by atomic mass is 16.3. The SMILES string of the molecule is CC(c1ccccc1)N1CCN(CC(O)Cn2cnc3c(-n4cccc4)ncnc32)CC1. The van der Waals surface area contributed by atoms with Crippen molar-refractivity contribution in [2.24, 2.45) is 0 Å². The predicted molar refractivity (Wildman–Crippen MR) is 124 cm³/mol. The summed E-state index contributed by atoms with van der Waals surface area (Å²) in [5.74, 6) is 0.747. The molecule has 0 bridgehead atoms. The monoisotopic (exact) mass is 431 g/mol. The molecule has 5 rings (SSSR count). The molecule has 4 heterocycles. The van der Waals surface area contributed by atoms with Crippen molar-refractivity contribution in [1.82, 2.24) is 33.9 Å². The molecular formula is C24H29N7O. The second kappa shape index (κ2) is 9.20. The number of aromatic nitrogens is 5. The second-order valence-electron chi connectivity index (χ2n) is 8.43. The molecule has 2 atom stereocenters. The van der Waals surface area contributed by atoms with Crippen LogP contribution in [-0.2, 0) is 6.54 Å². The average molecular weight is 432 g/mol. The molecule has 8 heteroatoms. The number of benzene rings is 1. The Morgan fingerprint density at radius 1 is 0.906 bits per heavy atom. The minimum absolute atomic E-state index is 0.412. The predicted octanol–water partition coefficient (Wildman–Crippen LogP) is 2.36. The molecule has 1 fully saturated rings. The van der Waals surface area contributed by atoms with E-state index in [1.54, 1.807) is 12.7 Å². The minimum atomic E-state index is -0.490. The molecule has 32 heavy (non-hydrogen) atoms. The summed E-state index contributed by atoms with van der Waals surface area (Å²) in [7, 11) is 0. The van der Waals surface area contributed by atoms with E-state index in [0.717, 1.165) is 43.2 Å². The number of imidazole rings is 1. The molecule has 0 spiro atoms. The number of aliphatic hydroxyl groups excluding tert-OH is 1. The maximum absolute atomic E-state index is 10.8. The fraction of sp³-hybridized carbons (Fsp3) is 0.375. The summed E-state index contributed by atoms with van der Waals surface area (Å²) in [5.41, 5.74) is 2.83. The Labute approximate surface area is 187 Å². The largest absolute Gasteiger partial charge is 0.390 e. The molecule has 0 radical (unpaired) electrons. The van der Waals surface area contributed by atoms with Crippen LogP contribution in [-0.4, -0.2) is 77.8 Å². The van der Waals surface area contributed by atoms with Crippen LogP contribution in [0.1, 0.15) is 18.5 Å². The van der Waals surface area contributed by atoms with Gasteiger partial charge in [-0.1, -0.05) is 30.3 Å². The van der Waals surface area contributed by atoms with E-state index in [1.165, 1.54) is 5.56 Å². The second-order valence-corrected chi connectivity index (χ2v) is 8.43. The van der Waals surface area contributed by atoms with E-state index < -0.39 is 6.10 Å². The van der Waals surface area contributed by atoms with Gasteiger partial charge in [-0.25, -0.2) is 15.0 Å². The van der Waals surface area contributed by atoms with E-state index in [-0.39, 0.29) is 0 Å². The molecule has 8 nitrogen and oxygen atoms in total. The smallest absolute Gasteiger partial charge is 0.168 e. The van der Waals surface area contributed by atoms with E-state index in [9.17, 15) is 5.11 Å². The van der Waals surface area contributed by atoms with Crippen molar-refractivity contribution in [3.8, 4) is 5.82 Å². The lowest BCUT2D eigenvalue weighted by atomic mass is 10.1. The van der Waals surface area contributed by atoms with Crippen molar-refractivity contribution in [3.63, 3.8) is 0 Å². The average Bonchev–Trinajstić information content (AvgIpc) is 3.50. The molecule has 1 aromatic carbocycles. The summed E-state index contributed by atoms with van der Waals surface area (Å²) in [4.78, 5) is 18.2. The van der Waals surface area contributed by atoms with Gasteiger partial charge in [0.1, 0.15) is 6.33 Å². The quantitative estimate of drug-likeness (QED) is 0.484. The Balaban J connectivity index is 1.19. The van der Waals surface area contributed by atoms with E-state index in [0.29, 0.717) is 19.1 Å². The molecule has 1 aliphatic rings. The molecule has 2 unspecified atom stereocenters. The first-order valence-corrected chi connectivity index (χ1v) is 11.2. The van der Waals surface area contributed by atoms with Gasteiger partial charge in [0.25, 0.3) is 0 Å². The molecular weight excluding hydrogens is 402 g/mol. The third-order valence-corrected chi connectivity index (χ3v) is 6.34. The summed E-state index contributed by atoms with van der Waals surface area (Å²) < 4.78 is 3.84. The third kappa shape index (κ3) is 4.29. The fourth-order valence-electron chi connectivity index (χ4n) is 4.52. The zero-order valence-electron chi connectivity index (χ0n) is 18.3. The molecule has 3 aromatic heterocycles. The van der Waals surface area contributed by atoms with Crippen molar-refractivity contribution in [1.29, 1.82) is 0 Å². The number of β-amino-alcohol motifs (C(OH)–C–C–N with tert-alkyl or cyclic N) is 1. The van der Waals surface area contributed by atoms with Gasteiger partial charge in [-0.15, -0.1) is 0 Å². The minimum Gasteiger partial charge on any atom is -0.390 e. The normalized spacial score (nSPS) is 17.6. The van der Waals surface area contributed by atoms with Crippen LogP contribution in [0.4, 0.5) is 0 Å². The molecule has 1 saturated heterocycles. The first kappa shape index (κ1) is 20.8. The van der Waals surface area contributed by atoms with Gasteiger partial charge in [-0.3, -0.25) is 9.80 Å². The van der Waals surface area contributed by atoms with Gasteiger partial charge in [-0.2, -0.15) is 0 Å². The topological polar surface area (TPSA) is 75.2 Å². The first-order valence-electron chi connectivity index (χ1n) is 11.2. The zero-order valence-corrected chi connectivity index (χ0v) is 18.3. The van der Waals surface area contributed by atoms with Crippen LogP contribution >= 0.6 is 0 Å². The molecule has 0 amide bonds. The van der Waals surface area contributed by atoms with E-state index in [4.69, 9.17) is 0 Å². The highest BCUT2D eigenvalue weighted by Crippen LogP contribution is 2.22. The summed E-state index contributed by atoms with van der Waals surface area (Å²) >= 11 is 0. The van der Waals surface area contributed by atoms with Crippen LogP contribution in [0.15, 0.2) is 67.5 Å². The van der Waals surface area contributed by atoms with Crippen LogP contribution in [0.2, 0.25) is 0 Å². The molecule has 0 saturated carbocycles. The summed E-state index contributed by atoms with van der Waals surface area (Å²) in [6.07, 6.45) is 6.68. The molecule has 166 valence electrons. The highest BCUT2D eigenvalue weighted by molar-refractivity contribution is 5.78. The van der Waals surface area contributed by atoms with Gasteiger partial charge in [0, 0.05) is 51.2 Å². The Morgan fingerprint density at radius 3 is 2.41 bits per heavy atom. The van der Waals surface area contributed by atoms with Crippen molar-refractivity contribution in [2.75, 3.05) is 32.7 Å². The van der Waals surface area contributed by atoms with E-state index >= 15 is 0 Å². The lowest BCUT2D eigenvalue weighted by Gasteiger charge is -2.38. The van der Waals surface area contributed by atoms with Gasteiger partial charge in [-0.05, 0) is 24.6 Å². The number of hydrogen-bond acceptors (Lipinski definition) is 6. The summed E-state index contributed by atoms with van der Waals surface area (Å²) in [6.45, 7) is 7.29. The number of hydrogen-bond donors (Lipinski definition) is 1. The van der Waals surface area contributed by atoms with Gasteiger partial charge in [0.2, 0.25) is 0 Å². The van der Waals surface area contributed by atoms with Crippen molar-refractivity contribution in [2.45, 2.75) is 25.6 Å². The summed E-state index contributed by atoms with van der Waals surface area (Å²) in [6, 6.07) is 15.0. The maximum Gasteiger partial charge on any atom is 0.168 e. The van der Waals surface area contributed by atoms with Gasteiger partial charge >= 0.3 is 0 Å². The molecule has 1 aliphatic heterocycles. The van der Waals surface area contributed by atoms with Crippen molar-refractivity contribution >= 4 is 11.2 Å². The van der Waals surface area contributed by atoms with E-state index in [1.807, 2.05) is 33.7 Å². The molecule has 4 aromatic rings. The number of aliphatic hydroxyl groups is 1. The highest BCUT2D eigenvalue weighted by Gasteiger charge is 2.23. The maximum atomic E-state index is 10.8. The van der Waals surface area contributed by atoms with Crippen LogP contribution in [0.25, 0.3) is 17.0 Å². The van der Waals surface area contributed by atoms with Crippen LogP contribution in [0.5, 0.6) is 0 Å². The number of fused-ring (bicyclic) bond motifs is 1. The number of nitrogens with zero attached hydrogens (tertiary/aromatic N) is 7. The first-order chi connectivity index (χ1) is 15.7. The van der Waals surface area contributed by atoms with Gasteiger partial charge < -0.3 is 14.2 Å². The Bertz CT molecular complexity index is 1130. The Kier molecular flexibility index (Phi) is 5.98. The van der Waals surface area contributed by atoms with Gasteiger partial charge in [0.05, 0.1) is 19.0 Å². The van der Waals surface area contributed by atoms with Crippen LogP contribution < -0.4 is 0 Å².